The fourth-order valence-corrected chi connectivity index (χ4v) is 1.89. The Balaban J connectivity index is 2.28. The van der Waals surface area contributed by atoms with E-state index < -0.39 is 0 Å². The Kier molecular flexibility index (Phi) is 3.13. The van der Waals surface area contributed by atoms with Crippen molar-refractivity contribution >= 4 is 5.78 Å². The molecule has 0 atom stereocenters. The number of benzene rings is 1. The lowest BCUT2D eigenvalue weighted by Gasteiger charge is -2.24. The molecule has 0 bridgehead atoms. The van der Waals surface area contributed by atoms with E-state index in [2.05, 4.69) is 0 Å². The predicted octanol–water partition coefficient (Wildman–Crippen LogP) is 2.69. The number of ketones is 1. The van der Waals surface area contributed by atoms with Crippen LogP contribution in [0.25, 0.3) is 0 Å². The molecule has 3 nitrogen and oxygen atoms in total. The topological polar surface area (TPSA) is 35.5 Å². The molecule has 3 heteroatoms. The van der Waals surface area contributed by atoms with Crippen LogP contribution in [0.2, 0.25) is 0 Å². The first-order valence-corrected chi connectivity index (χ1v) is 5.52. The molecular formula is C13H16O3. The largest absolute Gasteiger partial charge is 0.497 e. The quantitative estimate of drug-likeness (QED) is 0.732. The number of methoxy groups -OCH3 is 2. The van der Waals surface area contributed by atoms with Crippen molar-refractivity contribution < 1.29 is 14.3 Å². The van der Waals surface area contributed by atoms with Gasteiger partial charge in [-0.15, -0.1) is 0 Å². The van der Waals surface area contributed by atoms with Gasteiger partial charge in [-0.25, -0.2) is 0 Å². The van der Waals surface area contributed by atoms with Gasteiger partial charge in [0.25, 0.3) is 0 Å². The van der Waals surface area contributed by atoms with Gasteiger partial charge in [-0.2, -0.15) is 0 Å². The average Bonchev–Trinajstić information content (AvgIpc) is 2.25. The molecule has 0 heterocycles. The van der Waals surface area contributed by atoms with E-state index >= 15 is 0 Å². The van der Waals surface area contributed by atoms with Crippen molar-refractivity contribution in [3.05, 3.63) is 23.8 Å². The zero-order valence-electron chi connectivity index (χ0n) is 9.66. The monoisotopic (exact) mass is 220 g/mol. The second kappa shape index (κ2) is 4.56. The molecule has 1 aromatic rings. The van der Waals surface area contributed by atoms with Crippen molar-refractivity contribution in [3.8, 4) is 11.5 Å². The smallest absolute Gasteiger partial charge is 0.169 e. The minimum atomic E-state index is 0.197. The van der Waals surface area contributed by atoms with Gasteiger partial charge in [0.05, 0.1) is 19.8 Å². The number of carbonyl (C=O) groups excluding carboxylic acids is 1. The summed E-state index contributed by atoms with van der Waals surface area (Å²) in [6.07, 6.45) is 3.18. The molecule has 0 aliphatic heterocycles. The van der Waals surface area contributed by atoms with E-state index in [1.54, 1.807) is 32.4 Å². The third-order valence-electron chi connectivity index (χ3n) is 3.15. The molecule has 86 valence electrons. The lowest BCUT2D eigenvalue weighted by Crippen LogP contribution is -2.22. The van der Waals surface area contributed by atoms with E-state index in [1.807, 2.05) is 0 Å². The van der Waals surface area contributed by atoms with Gasteiger partial charge in [-0.3, -0.25) is 4.79 Å². The van der Waals surface area contributed by atoms with Gasteiger partial charge in [0, 0.05) is 12.0 Å². The summed E-state index contributed by atoms with van der Waals surface area (Å²) in [5.41, 5.74) is 0.674. The lowest BCUT2D eigenvalue weighted by atomic mass is 9.80. The van der Waals surface area contributed by atoms with Crippen LogP contribution in [0.4, 0.5) is 0 Å². The van der Waals surface area contributed by atoms with Crippen molar-refractivity contribution in [3.63, 3.8) is 0 Å². The summed E-state index contributed by atoms with van der Waals surface area (Å²) in [6, 6.07) is 5.35. The van der Waals surface area contributed by atoms with Gasteiger partial charge >= 0.3 is 0 Å². The number of hydrogen-bond donors (Lipinski definition) is 0. The SMILES string of the molecule is COc1ccc(C(=O)C2CCC2)c(OC)c1. The molecule has 16 heavy (non-hydrogen) atoms. The molecule has 0 spiro atoms. The van der Waals surface area contributed by atoms with Gasteiger partial charge in [0.1, 0.15) is 11.5 Å². The van der Waals surface area contributed by atoms with E-state index in [1.165, 1.54) is 0 Å². The molecule has 0 N–H and O–H groups in total. The Morgan fingerprint density at radius 3 is 2.50 bits per heavy atom. The fraction of sp³-hybridized carbons (Fsp3) is 0.462. The Labute approximate surface area is 95.4 Å². The summed E-state index contributed by atoms with van der Waals surface area (Å²) >= 11 is 0. The predicted molar refractivity (Wildman–Crippen MR) is 61.2 cm³/mol. The van der Waals surface area contributed by atoms with Crippen LogP contribution in [0.15, 0.2) is 18.2 Å². The highest BCUT2D eigenvalue weighted by Gasteiger charge is 2.28. The molecule has 1 aromatic carbocycles. The Morgan fingerprint density at radius 2 is 2.00 bits per heavy atom. The zero-order valence-corrected chi connectivity index (χ0v) is 9.66. The van der Waals surface area contributed by atoms with Gasteiger partial charge < -0.3 is 9.47 Å². The molecule has 1 saturated carbocycles. The maximum absolute atomic E-state index is 12.1. The molecule has 0 saturated heterocycles. The van der Waals surface area contributed by atoms with E-state index in [0.29, 0.717) is 17.1 Å². The summed E-state index contributed by atoms with van der Waals surface area (Å²) < 4.78 is 10.3. The van der Waals surface area contributed by atoms with Crippen molar-refractivity contribution in [2.45, 2.75) is 19.3 Å². The molecule has 0 radical (unpaired) electrons. The Bertz CT molecular complexity index is 394. The van der Waals surface area contributed by atoms with Crippen molar-refractivity contribution in [1.29, 1.82) is 0 Å². The van der Waals surface area contributed by atoms with E-state index in [9.17, 15) is 4.79 Å². The maximum Gasteiger partial charge on any atom is 0.169 e. The van der Waals surface area contributed by atoms with Crippen LogP contribution >= 0.6 is 0 Å². The first kappa shape index (κ1) is 11.0. The lowest BCUT2D eigenvalue weighted by molar-refractivity contribution is 0.0852. The fourth-order valence-electron chi connectivity index (χ4n) is 1.89. The van der Waals surface area contributed by atoms with Crippen LogP contribution in [0.1, 0.15) is 29.6 Å². The molecule has 1 fully saturated rings. The number of Topliss-reactive ketones (excluding diaryl/α,β-unsaturated/α-hetero) is 1. The molecule has 0 unspecified atom stereocenters. The van der Waals surface area contributed by atoms with Crippen molar-refractivity contribution in [1.82, 2.24) is 0 Å². The highest BCUT2D eigenvalue weighted by atomic mass is 16.5. The third kappa shape index (κ3) is 1.90. The molecule has 0 amide bonds. The van der Waals surface area contributed by atoms with E-state index in [0.717, 1.165) is 19.3 Å². The van der Waals surface area contributed by atoms with Crippen LogP contribution in [-0.2, 0) is 0 Å². The normalized spacial score (nSPS) is 15.4. The second-order valence-corrected chi connectivity index (χ2v) is 4.06. The van der Waals surface area contributed by atoms with Gasteiger partial charge in [-0.1, -0.05) is 6.42 Å². The van der Waals surface area contributed by atoms with Crippen LogP contribution in [-0.4, -0.2) is 20.0 Å². The highest BCUT2D eigenvalue weighted by Crippen LogP contribution is 2.34. The first-order chi connectivity index (χ1) is 7.76. The van der Waals surface area contributed by atoms with Crippen LogP contribution in [0.5, 0.6) is 11.5 Å². The number of ether oxygens (including phenoxy) is 2. The second-order valence-electron chi connectivity index (χ2n) is 4.06. The van der Waals surface area contributed by atoms with Crippen LogP contribution in [0, 0.1) is 5.92 Å². The summed E-state index contributed by atoms with van der Waals surface area (Å²) in [4.78, 5) is 12.1. The standard InChI is InChI=1S/C13H16O3/c1-15-10-6-7-11(12(8-10)16-2)13(14)9-4-3-5-9/h6-9H,3-5H2,1-2H3. The van der Waals surface area contributed by atoms with Crippen molar-refractivity contribution in [2.24, 2.45) is 5.92 Å². The number of carbonyl (C=O) groups is 1. The third-order valence-corrected chi connectivity index (χ3v) is 3.15. The summed E-state index contributed by atoms with van der Waals surface area (Å²) in [5, 5.41) is 0. The summed E-state index contributed by atoms with van der Waals surface area (Å²) in [5.74, 6) is 1.71. The Hall–Kier alpha value is -1.51. The number of hydrogen-bond acceptors (Lipinski definition) is 3. The summed E-state index contributed by atoms with van der Waals surface area (Å²) in [7, 11) is 3.18. The summed E-state index contributed by atoms with van der Waals surface area (Å²) in [6.45, 7) is 0. The molecule has 1 aliphatic carbocycles. The zero-order chi connectivity index (χ0) is 11.5. The van der Waals surface area contributed by atoms with E-state index in [4.69, 9.17) is 9.47 Å². The average molecular weight is 220 g/mol. The van der Waals surface area contributed by atoms with Gasteiger partial charge in [0.15, 0.2) is 5.78 Å². The molecule has 0 aromatic heterocycles. The highest BCUT2D eigenvalue weighted by molar-refractivity contribution is 6.00. The minimum Gasteiger partial charge on any atom is -0.497 e. The van der Waals surface area contributed by atoms with E-state index in [-0.39, 0.29) is 11.7 Å². The Morgan fingerprint density at radius 1 is 1.25 bits per heavy atom. The van der Waals surface area contributed by atoms with Gasteiger partial charge in [0.2, 0.25) is 0 Å². The van der Waals surface area contributed by atoms with Gasteiger partial charge in [-0.05, 0) is 25.0 Å². The maximum atomic E-state index is 12.1. The van der Waals surface area contributed by atoms with Crippen LogP contribution in [0.3, 0.4) is 0 Å². The number of rotatable bonds is 4. The van der Waals surface area contributed by atoms with Crippen molar-refractivity contribution in [2.75, 3.05) is 14.2 Å². The van der Waals surface area contributed by atoms with Crippen LogP contribution < -0.4 is 9.47 Å². The minimum absolute atomic E-state index is 0.197. The first-order valence-electron chi connectivity index (χ1n) is 5.52. The molecule has 1 aliphatic rings. The molecule has 2 rings (SSSR count). The molecular weight excluding hydrogens is 204 g/mol.